The van der Waals surface area contributed by atoms with Crippen LogP contribution in [0, 0.1) is 25.2 Å². The molecule has 0 radical (unpaired) electrons. The van der Waals surface area contributed by atoms with Gasteiger partial charge in [0.2, 0.25) is 5.78 Å². The number of rotatable bonds is 7. The van der Waals surface area contributed by atoms with Crippen molar-refractivity contribution in [3.05, 3.63) is 51.8 Å². The number of methoxy groups -OCH3 is 1. The van der Waals surface area contributed by atoms with Gasteiger partial charge in [-0.1, -0.05) is 11.6 Å². The molecule has 1 heterocycles. The molecular weight excluding hydrogens is 340 g/mol. The Labute approximate surface area is 152 Å². The largest absolute Gasteiger partial charge is 0.484 e. The average Bonchev–Trinajstić information content (AvgIpc) is 2.88. The van der Waals surface area contributed by atoms with Crippen molar-refractivity contribution in [2.24, 2.45) is 0 Å². The predicted octanol–water partition coefficient (Wildman–Crippen LogP) is 4.10. The number of carbonyl (C=O) groups excluding carboxylic acids is 1. The fourth-order valence-corrected chi connectivity index (χ4v) is 3.20. The van der Waals surface area contributed by atoms with E-state index in [0.717, 1.165) is 11.4 Å². The van der Waals surface area contributed by atoms with Gasteiger partial charge in [0.15, 0.2) is 6.61 Å². The maximum Gasteiger partial charge on any atom is 0.202 e. The van der Waals surface area contributed by atoms with E-state index in [1.54, 1.807) is 19.2 Å². The van der Waals surface area contributed by atoms with Crippen molar-refractivity contribution in [3.8, 4) is 11.8 Å². The summed E-state index contributed by atoms with van der Waals surface area (Å²) < 4.78 is 12.8. The molecule has 0 fully saturated rings. The Kier molecular flexibility index (Phi) is 6.24. The molecule has 0 aliphatic carbocycles. The Morgan fingerprint density at radius 2 is 2.08 bits per heavy atom. The third-order valence-corrected chi connectivity index (χ3v) is 4.35. The Morgan fingerprint density at radius 3 is 2.68 bits per heavy atom. The maximum atomic E-state index is 12.6. The molecule has 1 atom stereocenters. The minimum absolute atomic E-state index is 0.116. The molecule has 2 rings (SSSR count). The fraction of sp³-hybridized carbons (Fsp3) is 0.368. The van der Waals surface area contributed by atoms with Crippen LogP contribution in [0.2, 0.25) is 5.02 Å². The Bertz CT molecular complexity index is 821. The van der Waals surface area contributed by atoms with E-state index >= 15 is 0 Å². The molecule has 1 aromatic carbocycles. The van der Waals surface area contributed by atoms with Crippen LogP contribution < -0.4 is 4.74 Å². The van der Waals surface area contributed by atoms with Gasteiger partial charge in [-0.15, -0.1) is 0 Å². The third-order valence-electron chi connectivity index (χ3n) is 4.05. The van der Waals surface area contributed by atoms with Gasteiger partial charge in [-0.3, -0.25) is 4.79 Å². The van der Waals surface area contributed by atoms with Crippen molar-refractivity contribution in [1.29, 1.82) is 5.26 Å². The van der Waals surface area contributed by atoms with E-state index in [0.29, 0.717) is 28.5 Å². The van der Waals surface area contributed by atoms with Crippen LogP contribution in [-0.4, -0.2) is 30.7 Å². The monoisotopic (exact) mass is 360 g/mol. The minimum Gasteiger partial charge on any atom is -0.484 e. The summed E-state index contributed by atoms with van der Waals surface area (Å²) in [5, 5.41) is 9.16. The van der Waals surface area contributed by atoms with Gasteiger partial charge in [0.25, 0.3) is 0 Å². The van der Waals surface area contributed by atoms with Crippen molar-refractivity contribution in [2.45, 2.75) is 26.8 Å². The summed E-state index contributed by atoms with van der Waals surface area (Å²) in [6.45, 7) is 6.38. The molecule has 132 valence electrons. The van der Waals surface area contributed by atoms with E-state index in [-0.39, 0.29) is 18.4 Å². The lowest BCUT2D eigenvalue weighted by atomic mass is 10.1. The smallest absolute Gasteiger partial charge is 0.202 e. The molecule has 0 saturated heterocycles. The highest BCUT2D eigenvalue weighted by Crippen LogP contribution is 2.26. The molecule has 25 heavy (non-hydrogen) atoms. The quantitative estimate of drug-likeness (QED) is 0.697. The highest BCUT2D eigenvalue weighted by Gasteiger charge is 2.19. The van der Waals surface area contributed by atoms with Crippen molar-refractivity contribution in [2.75, 3.05) is 20.3 Å². The van der Waals surface area contributed by atoms with Crippen molar-refractivity contribution in [1.82, 2.24) is 4.57 Å². The summed E-state index contributed by atoms with van der Waals surface area (Å²) in [5.41, 5.74) is 2.97. The first kappa shape index (κ1) is 19.0. The number of aromatic nitrogens is 1. The van der Waals surface area contributed by atoms with Crippen LogP contribution in [-0.2, 0) is 4.74 Å². The second kappa shape index (κ2) is 8.19. The van der Waals surface area contributed by atoms with E-state index in [1.165, 1.54) is 6.07 Å². The predicted molar refractivity (Wildman–Crippen MR) is 96.5 cm³/mol. The van der Waals surface area contributed by atoms with Gasteiger partial charge < -0.3 is 14.0 Å². The summed E-state index contributed by atoms with van der Waals surface area (Å²) in [6.07, 6.45) is 0. The van der Waals surface area contributed by atoms with Crippen LogP contribution in [0.25, 0.3) is 0 Å². The molecule has 0 unspecified atom stereocenters. The molecule has 0 N–H and O–H groups in total. The average molecular weight is 361 g/mol. The molecule has 5 nitrogen and oxygen atoms in total. The number of ether oxygens (including phenoxy) is 2. The lowest BCUT2D eigenvalue weighted by Gasteiger charge is -2.17. The van der Waals surface area contributed by atoms with Gasteiger partial charge in [0, 0.05) is 24.1 Å². The van der Waals surface area contributed by atoms with Crippen LogP contribution in [0.1, 0.15) is 40.3 Å². The minimum atomic E-state index is -0.121. The van der Waals surface area contributed by atoms with E-state index in [9.17, 15) is 4.79 Å². The highest BCUT2D eigenvalue weighted by atomic mass is 35.5. The lowest BCUT2D eigenvalue weighted by molar-refractivity contribution is 0.0920. The number of nitriles is 1. The summed E-state index contributed by atoms with van der Waals surface area (Å²) in [5.74, 6) is 0.264. The normalized spacial score (nSPS) is 11.8. The van der Waals surface area contributed by atoms with E-state index in [1.807, 2.05) is 32.9 Å². The molecule has 0 bridgehead atoms. The first-order valence-corrected chi connectivity index (χ1v) is 8.29. The van der Waals surface area contributed by atoms with E-state index in [4.69, 9.17) is 26.3 Å². The fourth-order valence-electron chi connectivity index (χ4n) is 2.96. The van der Waals surface area contributed by atoms with Crippen molar-refractivity contribution >= 4 is 17.4 Å². The molecular formula is C19H21ClN2O3. The molecule has 0 saturated carbocycles. The molecule has 1 aromatic heterocycles. The number of aryl methyl sites for hydroxylation is 1. The molecule has 0 amide bonds. The standard InChI is InChI=1S/C19H21ClN2O3/c1-12-7-16(14(3)22(12)13(2)10-24-4)18(23)11-25-19-6-5-15(9-21)8-17(19)20/h5-8,13H,10-11H2,1-4H3/t13-/m1/s1. The second-order valence-electron chi connectivity index (χ2n) is 5.93. The van der Waals surface area contributed by atoms with Crippen LogP contribution in [0.5, 0.6) is 5.75 Å². The first-order chi connectivity index (χ1) is 11.9. The number of Topliss-reactive ketones (excluding diaryl/α,β-unsaturated/α-hetero) is 1. The van der Waals surface area contributed by atoms with Crippen LogP contribution in [0.15, 0.2) is 24.3 Å². The third kappa shape index (κ3) is 4.22. The number of benzene rings is 1. The Hall–Kier alpha value is -2.29. The van der Waals surface area contributed by atoms with Gasteiger partial charge >= 0.3 is 0 Å². The van der Waals surface area contributed by atoms with Gasteiger partial charge in [0.05, 0.1) is 29.3 Å². The van der Waals surface area contributed by atoms with Gasteiger partial charge in [-0.05, 0) is 45.0 Å². The van der Waals surface area contributed by atoms with Gasteiger partial charge in [0.1, 0.15) is 5.75 Å². The molecule has 0 aliphatic heterocycles. The molecule has 6 heteroatoms. The molecule has 0 spiro atoms. The number of ketones is 1. The van der Waals surface area contributed by atoms with Gasteiger partial charge in [-0.2, -0.15) is 5.26 Å². The van der Waals surface area contributed by atoms with Crippen LogP contribution >= 0.6 is 11.6 Å². The zero-order valence-electron chi connectivity index (χ0n) is 14.8. The number of hydrogen-bond acceptors (Lipinski definition) is 4. The van der Waals surface area contributed by atoms with Gasteiger partial charge in [-0.25, -0.2) is 0 Å². The van der Waals surface area contributed by atoms with Crippen molar-refractivity contribution in [3.63, 3.8) is 0 Å². The van der Waals surface area contributed by atoms with Crippen LogP contribution in [0.4, 0.5) is 0 Å². The molecule has 0 aliphatic rings. The second-order valence-corrected chi connectivity index (χ2v) is 6.34. The number of nitrogens with zero attached hydrogens (tertiary/aromatic N) is 2. The van der Waals surface area contributed by atoms with Crippen molar-refractivity contribution < 1.29 is 14.3 Å². The van der Waals surface area contributed by atoms with E-state index in [2.05, 4.69) is 4.57 Å². The summed E-state index contributed by atoms with van der Waals surface area (Å²) in [6, 6.07) is 8.72. The summed E-state index contributed by atoms with van der Waals surface area (Å²) in [7, 11) is 1.66. The zero-order valence-corrected chi connectivity index (χ0v) is 15.6. The Balaban J connectivity index is 2.14. The topological polar surface area (TPSA) is 64.2 Å². The zero-order chi connectivity index (χ0) is 18.6. The molecule has 2 aromatic rings. The highest BCUT2D eigenvalue weighted by molar-refractivity contribution is 6.32. The Morgan fingerprint density at radius 1 is 1.36 bits per heavy atom. The number of carbonyl (C=O) groups is 1. The van der Waals surface area contributed by atoms with E-state index < -0.39 is 0 Å². The van der Waals surface area contributed by atoms with Crippen LogP contribution in [0.3, 0.4) is 0 Å². The SMILES string of the molecule is COC[C@@H](C)n1c(C)cc(C(=O)COc2ccc(C#N)cc2Cl)c1C. The lowest BCUT2D eigenvalue weighted by Crippen LogP contribution is -2.16. The summed E-state index contributed by atoms with van der Waals surface area (Å²) >= 11 is 6.07. The number of halogens is 1. The number of hydrogen-bond donors (Lipinski definition) is 0. The first-order valence-electron chi connectivity index (χ1n) is 7.92. The maximum absolute atomic E-state index is 12.6. The summed E-state index contributed by atoms with van der Waals surface area (Å²) in [4.78, 5) is 12.6.